The number of sulfonamides is 1. The van der Waals surface area contributed by atoms with Crippen LogP contribution in [-0.2, 0) is 14.8 Å². The maximum Gasteiger partial charge on any atom is 0.252 e. The van der Waals surface area contributed by atoms with Crippen LogP contribution in [0.2, 0.25) is 5.02 Å². The molecule has 3 aromatic rings. The lowest BCUT2D eigenvalue weighted by atomic mass is 10.1. The summed E-state index contributed by atoms with van der Waals surface area (Å²) in [6.45, 7) is 0. The van der Waals surface area contributed by atoms with E-state index in [1.165, 1.54) is 13.2 Å². The molecule has 2 aromatic heterocycles. The smallest absolute Gasteiger partial charge is 0.252 e. The molecule has 1 aliphatic heterocycles. The van der Waals surface area contributed by atoms with Gasteiger partial charge in [-0.05, 0) is 24.3 Å². The van der Waals surface area contributed by atoms with Gasteiger partial charge in [-0.1, -0.05) is 23.7 Å². The van der Waals surface area contributed by atoms with Crippen molar-refractivity contribution in [2.45, 2.75) is 10.9 Å². The van der Waals surface area contributed by atoms with Gasteiger partial charge in [-0.15, -0.1) is 11.3 Å². The minimum atomic E-state index is -4.04. The third-order valence-electron chi connectivity index (χ3n) is 4.24. The summed E-state index contributed by atoms with van der Waals surface area (Å²) in [7, 11) is -2.82. The topological polar surface area (TPSA) is 96.4 Å². The molecule has 0 bridgehead atoms. The fourth-order valence-corrected chi connectivity index (χ4v) is 6.34. The van der Waals surface area contributed by atoms with Crippen LogP contribution in [0.1, 0.15) is 9.67 Å². The van der Waals surface area contributed by atoms with E-state index in [4.69, 9.17) is 11.6 Å². The van der Waals surface area contributed by atoms with Gasteiger partial charge >= 0.3 is 0 Å². The van der Waals surface area contributed by atoms with Crippen LogP contribution in [-0.4, -0.2) is 42.5 Å². The molecular formula is C17H12ClN3O4S2. The number of halogens is 1. The zero-order valence-corrected chi connectivity index (χ0v) is 16.2. The number of aromatic nitrogens is 1. The first-order valence-electron chi connectivity index (χ1n) is 7.77. The lowest BCUT2D eigenvalue weighted by molar-refractivity contribution is -0.118. The predicted octanol–water partition coefficient (Wildman–Crippen LogP) is 2.77. The van der Waals surface area contributed by atoms with Gasteiger partial charge in [0.15, 0.2) is 6.04 Å². The number of hydrogen-bond acceptors (Lipinski definition) is 6. The van der Waals surface area contributed by atoms with Crippen molar-refractivity contribution >= 4 is 60.6 Å². The Labute approximate surface area is 163 Å². The van der Waals surface area contributed by atoms with Crippen molar-refractivity contribution in [2.24, 2.45) is 0 Å². The fourth-order valence-electron chi connectivity index (χ4n) is 2.95. The molecule has 4 rings (SSSR count). The third kappa shape index (κ3) is 2.83. The number of rotatable bonds is 2. The molecule has 1 N–H and O–H groups in total. The van der Waals surface area contributed by atoms with Gasteiger partial charge in [0, 0.05) is 28.4 Å². The van der Waals surface area contributed by atoms with E-state index in [0.29, 0.717) is 15.1 Å². The van der Waals surface area contributed by atoms with E-state index in [-0.39, 0.29) is 15.6 Å². The number of pyridine rings is 1. The quantitative estimate of drug-likeness (QED) is 0.642. The summed E-state index contributed by atoms with van der Waals surface area (Å²) in [6, 6.07) is 8.12. The number of amides is 1. The van der Waals surface area contributed by atoms with Crippen molar-refractivity contribution in [1.29, 1.82) is 0 Å². The van der Waals surface area contributed by atoms with Crippen molar-refractivity contribution < 1.29 is 18.0 Å². The molecule has 3 heterocycles. The van der Waals surface area contributed by atoms with Gasteiger partial charge in [-0.2, -0.15) is 4.31 Å². The Balaban J connectivity index is 1.83. The van der Waals surface area contributed by atoms with E-state index in [9.17, 15) is 18.0 Å². The van der Waals surface area contributed by atoms with Gasteiger partial charge in [0.1, 0.15) is 10.7 Å². The average Bonchev–Trinajstić information content (AvgIpc) is 3.01. The molecule has 7 nitrogen and oxygen atoms in total. The number of nitrogens with zero attached hydrogens (tertiary/aromatic N) is 2. The summed E-state index contributed by atoms with van der Waals surface area (Å²) in [6.07, 6.45) is 1.48. The van der Waals surface area contributed by atoms with Crippen molar-refractivity contribution in [2.75, 3.05) is 12.4 Å². The Kier molecular flexibility index (Phi) is 4.26. The molecule has 138 valence electrons. The second-order valence-corrected chi connectivity index (χ2v) is 9.32. The Morgan fingerprint density at radius 1 is 1.30 bits per heavy atom. The number of anilines is 1. The predicted molar refractivity (Wildman–Crippen MR) is 103 cm³/mol. The number of thiophene rings is 1. The number of carbonyl (C=O) groups excluding carboxylic acids is 2. The van der Waals surface area contributed by atoms with Crippen LogP contribution >= 0.6 is 22.9 Å². The Hall–Kier alpha value is -2.33. The Bertz CT molecular complexity index is 1190. The van der Waals surface area contributed by atoms with Gasteiger partial charge in [-0.25, -0.2) is 13.4 Å². The van der Waals surface area contributed by atoms with Gasteiger partial charge in [-0.3, -0.25) is 9.59 Å². The number of carbonyl (C=O) groups is 2. The second-order valence-electron chi connectivity index (χ2n) is 5.89. The molecule has 0 aliphatic carbocycles. The zero-order chi connectivity index (χ0) is 19.3. The molecule has 0 fully saturated rings. The van der Waals surface area contributed by atoms with Gasteiger partial charge in [0.25, 0.3) is 5.91 Å². The minimum absolute atomic E-state index is 0.0338. The van der Waals surface area contributed by atoms with E-state index < -0.39 is 27.8 Å². The molecule has 0 saturated carbocycles. The van der Waals surface area contributed by atoms with Gasteiger partial charge in [0.05, 0.1) is 4.88 Å². The number of nitrogens with one attached hydrogen (secondary N) is 1. The largest absolute Gasteiger partial charge is 0.309 e. The summed E-state index contributed by atoms with van der Waals surface area (Å²) in [4.78, 5) is 29.6. The highest BCUT2D eigenvalue weighted by Gasteiger charge is 2.47. The highest BCUT2D eigenvalue weighted by Crippen LogP contribution is 2.41. The minimum Gasteiger partial charge on any atom is -0.309 e. The van der Waals surface area contributed by atoms with Crippen LogP contribution in [0.4, 0.5) is 5.82 Å². The van der Waals surface area contributed by atoms with Crippen LogP contribution < -0.4 is 5.32 Å². The van der Waals surface area contributed by atoms with E-state index in [0.717, 1.165) is 15.6 Å². The fraction of sp³-hybridized carbons (Fsp3) is 0.118. The van der Waals surface area contributed by atoms with Crippen LogP contribution in [0.15, 0.2) is 47.5 Å². The normalized spacial score (nSPS) is 19.0. The van der Waals surface area contributed by atoms with Crippen LogP contribution in [0.5, 0.6) is 0 Å². The van der Waals surface area contributed by atoms with Crippen LogP contribution in [0.3, 0.4) is 0 Å². The highest BCUT2D eigenvalue weighted by atomic mass is 35.5. The monoisotopic (exact) mass is 421 g/mol. The molecule has 1 amide bonds. The lowest BCUT2D eigenvalue weighted by Crippen LogP contribution is -2.52. The summed E-state index contributed by atoms with van der Waals surface area (Å²) in [5.74, 6) is -1.10. The van der Waals surface area contributed by atoms with Crippen molar-refractivity contribution in [1.82, 2.24) is 9.29 Å². The van der Waals surface area contributed by atoms with E-state index >= 15 is 0 Å². The van der Waals surface area contributed by atoms with Gasteiger partial charge < -0.3 is 5.32 Å². The molecule has 10 heteroatoms. The first kappa shape index (κ1) is 18.1. The summed E-state index contributed by atoms with van der Waals surface area (Å²) in [5.41, 5.74) is 0. The molecular weight excluding hydrogens is 410 g/mol. The maximum atomic E-state index is 13.0. The number of Topliss-reactive ketones (excluding diaryl/α,β-unsaturated/α-hetero) is 1. The molecule has 0 saturated heterocycles. The highest BCUT2D eigenvalue weighted by molar-refractivity contribution is 7.89. The number of likely N-dealkylation sites (N-methyl/N-ethyl adjacent to an activating group) is 1. The Morgan fingerprint density at radius 2 is 2.07 bits per heavy atom. The van der Waals surface area contributed by atoms with E-state index in [1.807, 2.05) is 0 Å². The van der Waals surface area contributed by atoms with E-state index in [1.54, 1.807) is 36.4 Å². The number of hydrogen-bond donors (Lipinski definition) is 1. The van der Waals surface area contributed by atoms with Crippen molar-refractivity contribution in [3.05, 3.63) is 52.5 Å². The number of fused-ring (bicyclic) bond motifs is 3. The van der Waals surface area contributed by atoms with Crippen LogP contribution in [0, 0.1) is 0 Å². The Morgan fingerprint density at radius 3 is 2.78 bits per heavy atom. The average molecular weight is 422 g/mol. The SMILES string of the molecule is CN1C(C(=O)Nc2ccccn2)C(=O)c2sc3cc(Cl)ccc3c2S1(=O)=O. The molecule has 1 atom stereocenters. The van der Waals surface area contributed by atoms with Crippen LogP contribution in [0.25, 0.3) is 10.1 Å². The molecule has 0 spiro atoms. The first-order chi connectivity index (χ1) is 12.8. The second kappa shape index (κ2) is 6.38. The molecule has 0 radical (unpaired) electrons. The zero-order valence-electron chi connectivity index (χ0n) is 13.8. The van der Waals surface area contributed by atoms with Gasteiger partial charge in [0.2, 0.25) is 15.8 Å². The standard InChI is InChI=1S/C17H12ClN3O4S2/c1-21-13(17(23)20-12-4-2-3-7-19-12)14(22)15-16(27(21,24)25)10-6-5-9(18)8-11(10)26-15/h2-8,13H,1H3,(H,19,20,23). The molecule has 1 aromatic carbocycles. The molecule has 1 unspecified atom stereocenters. The summed E-state index contributed by atoms with van der Waals surface area (Å²) in [5, 5.41) is 3.34. The lowest BCUT2D eigenvalue weighted by Gasteiger charge is -2.29. The van der Waals surface area contributed by atoms with E-state index in [2.05, 4.69) is 10.3 Å². The molecule has 1 aliphatic rings. The maximum absolute atomic E-state index is 13.0. The van der Waals surface area contributed by atoms with Crippen molar-refractivity contribution in [3.8, 4) is 0 Å². The number of ketones is 1. The first-order valence-corrected chi connectivity index (χ1v) is 10.4. The van der Waals surface area contributed by atoms with Crippen molar-refractivity contribution in [3.63, 3.8) is 0 Å². The third-order valence-corrected chi connectivity index (χ3v) is 7.68. The molecule has 27 heavy (non-hydrogen) atoms. The summed E-state index contributed by atoms with van der Waals surface area (Å²) < 4.78 is 27.4. The summed E-state index contributed by atoms with van der Waals surface area (Å²) >= 11 is 7.00. The number of benzene rings is 1.